The largest absolute Gasteiger partial charge is 0.313 e. The molecule has 0 aliphatic rings. The van der Waals surface area contributed by atoms with Crippen molar-refractivity contribution in [3.05, 3.63) is 46.5 Å². The molecule has 2 rings (SSSR count). The summed E-state index contributed by atoms with van der Waals surface area (Å²) in [5, 5.41) is 6.94. The van der Waals surface area contributed by atoms with Crippen LogP contribution in [0.3, 0.4) is 0 Å². The van der Waals surface area contributed by atoms with Gasteiger partial charge in [-0.15, -0.1) is 0 Å². The van der Waals surface area contributed by atoms with Gasteiger partial charge in [0.05, 0.1) is 11.2 Å². The molecule has 0 bridgehead atoms. The number of nitrogens with zero attached hydrogens (tertiary/aromatic N) is 2. The van der Waals surface area contributed by atoms with Crippen LogP contribution in [-0.2, 0) is 6.54 Å². The van der Waals surface area contributed by atoms with Crippen molar-refractivity contribution in [3.8, 4) is 5.69 Å². The van der Waals surface area contributed by atoms with E-state index in [-0.39, 0.29) is 22.9 Å². The number of benzene rings is 1. The maximum Gasteiger partial charge on any atom is 0.280 e. The minimum Gasteiger partial charge on any atom is -0.313 e. The fourth-order valence-electron chi connectivity index (χ4n) is 2.03. The monoisotopic (exact) mass is 317 g/mol. The van der Waals surface area contributed by atoms with Crippen molar-refractivity contribution in [1.82, 2.24) is 15.1 Å². The SMILES string of the molecule is CCCNCc1cnn(-c2c(F)cccc2Cl)c1C(F)F. The van der Waals surface area contributed by atoms with Gasteiger partial charge in [0.25, 0.3) is 6.43 Å². The molecular weight excluding hydrogens is 303 g/mol. The molecule has 0 radical (unpaired) electrons. The molecule has 21 heavy (non-hydrogen) atoms. The fraction of sp³-hybridized carbons (Fsp3) is 0.357. The molecule has 0 unspecified atom stereocenters. The van der Waals surface area contributed by atoms with E-state index < -0.39 is 12.2 Å². The van der Waals surface area contributed by atoms with Crippen LogP contribution in [0.15, 0.2) is 24.4 Å². The predicted octanol–water partition coefficient (Wildman–Crippen LogP) is 4.10. The zero-order valence-electron chi connectivity index (χ0n) is 11.4. The normalized spacial score (nSPS) is 11.3. The molecule has 3 nitrogen and oxygen atoms in total. The lowest BCUT2D eigenvalue weighted by molar-refractivity contribution is 0.141. The number of para-hydroxylation sites is 1. The molecule has 0 amide bonds. The van der Waals surface area contributed by atoms with Gasteiger partial charge in [0.2, 0.25) is 0 Å². The molecule has 0 aliphatic heterocycles. The van der Waals surface area contributed by atoms with E-state index in [9.17, 15) is 13.2 Å². The maximum absolute atomic E-state index is 13.9. The third kappa shape index (κ3) is 3.39. The van der Waals surface area contributed by atoms with Gasteiger partial charge in [-0.3, -0.25) is 0 Å². The average molecular weight is 318 g/mol. The summed E-state index contributed by atoms with van der Waals surface area (Å²) >= 11 is 5.92. The lowest BCUT2D eigenvalue weighted by Gasteiger charge is -2.11. The van der Waals surface area contributed by atoms with Crippen LogP contribution < -0.4 is 5.32 Å². The summed E-state index contributed by atoms with van der Waals surface area (Å²) in [5.74, 6) is -0.694. The van der Waals surface area contributed by atoms with Gasteiger partial charge >= 0.3 is 0 Å². The summed E-state index contributed by atoms with van der Waals surface area (Å²) in [7, 11) is 0. The molecule has 114 valence electrons. The molecule has 1 aromatic heterocycles. The standard InChI is InChI=1S/C14H15ClF3N3/c1-2-6-19-7-9-8-20-21(12(9)14(17)18)13-10(15)4-3-5-11(13)16/h3-5,8,14,19H,2,6-7H2,1H3. The van der Waals surface area contributed by atoms with Crippen LogP contribution >= 0.6 is 11.6 Å². The van der Waals surface area contributed by atoms with Crippen molar-refractivity contribution < 1.29 is 13.2 Å². The van der Waals surface area contributed by atoms with Gasteiger partial charge in [-0.05, 0) is 25.1 Å². The highest BCUT2D eigenvalue weighted by Gasteiger charge is 2.23. The molecule has 0 fully saturated rings. The third-order valence-electron chi connectivity index (χ3n) is 2.98. The molecular formula is C14H15ClF3N3. The van der Waals surface area contributed by atoms with Gasteiger partial charge in [0.1, 0.15) is 17.2 Å². The summed E-state index contributed by atoms with van der Waals surface area (Å²) in [4.78, 5) is 0. The van der Waals surface area contributed by atoms with E-state index in [0.29, 0.717) is 12.1 Å². The number of aromatic nitrogens is 2. The Hall–Kier alpha value is -1.53. The summed E-state index contributed by atoms with van der Waals surface area (Å²) in [5.41, 5.74) is -0.167. The Bertz CT molecular complexity index is 593. The zero-order valence-corrected chi connectivity index (χ0v) is 12.2. The quantitative estimate of drug-likeness (QED) is 0.813. The Kier molecular flexibility index (Phi) is 5.25. The van der Waals surface area contributed by atoms with E-state index in [0.717, 1.165) is 17.2 Å². The second kappa shape index (κ2) is 6.95. The van der Waals surface area contributed by atoms with Crippen LogP contribution in [0.2, 0.25) is 5.02 Å². The van der Waals surface area contributed by atoms with Crippen LogP contribution in [0.4, 0.5) is 13.2 Å². The van der Waals surface area contributed by atoms with Crippen LogP contribution in [0, 0.1) is 5.82 Å². The van der Waals surface area contributed by atoms with Gasteiger partial charge in [0, 0.05) is 12.1 Å². The van der Waals surface area contributed by atoms with Crippen LogP contribution in [-0.4, -0.2) is 16.3 Å². The van der Waals surface area contributed by atoms with E-state index in [1.807, 2.05) is 6.92 Å². The first kappa shape index (κ1) is 15.9. The number of nitrogens with one attached hydrogen (secondary N) is 1. The molecule has 2 aromatic rings. The van der Waals surface area contributed by atoms with Crippen molar-refractivity contribution in [2.45, 2.75) is 26.3 Å². The smallest absolute Gasteiger partial charge is 0.280 e. The van der Waals surface area contributed by atoms with Gasteiger partial charge in [-0.1, -0.05) is 24.6 Å². The first-order chi connectivity index (χ1) is 10.1. The summed E-state index contributed by atoms with van der Waals surface area (Å²) in [6.45, 7) is 2.93. The van der Waals surface area contributed by atoms with Crippen molar-refractivity contribution in [2.75, 3.05) is 6.54 Å². The molecule has 0 saturated carbocycles. The lowest BCUT2D eigenvalue weighted by Crippen LogP contribution is -2.15. The number of hydrogen-bond acceptors (Lipinski definition) is 2. The average Bonchev–Trinajstić information content (AvgIpc) is 2.83. The van der Waals surface area contributed by atoms with Crippen molar-refractivity contribution in [2.24, 2.45) is 0 Å². The van der Waals surface area contributed by atoms with E-state index in [4.69, 9.17) is 11.6 Å². The van der Waals surface area contributed by atoms with Gasteiger partial charge in [-0.2, -0.15) is 5.10 Å². The summed E-state index contributed by atoms with van der Waals surface area (Å²) < 4.78 is 41.4. The molecule has 0 aliphatic carbocycles. The second-order valence-electron chi connectivity index (χ2n) is 4.51. The van der Waals surface area contributed by atoms with E-state index in [2.05, 4.69) is 10.4 Å². The first-order valence-corrected chi connectivity index (χ1v) is 6.94. The Labute approximate surface area is 125 Å². The number of halogens is 4. The van der Waals surface area contributed by atoms with Crippen molar-refractivity contribution >= 4 is 11.6 Å². The molecule has 0 spiro atoms. The van der Waals surface area contributed by atoms with E-state index in [1.54, 1.807) is 0 Å². The van der Waals surface area contributed by atoms with Crippen molar-refractivity contribution in [3.63, 3.8) is 0 Å². The van der Waals surface area contributed by atoms with Crippen LogP contribution in [0.25, 0.3) is 5.69 Å². The van der Waals surface area contributed by atoms with E-state index >= 15 is 0 Å². The lowest BCUT2D eigenvalue weighted by atomic mass is 10.2. The Morgan fingerprint density at radius 1 is 1.38 bits per heavy atom. The molecule has 0 saturated heterocycles. The Balaban J connectivity index is 2.45. The predicted molar refractivity (Wildman–Crippen MR) is 75.5 cm³/mol. The highest BCUT2D eigenvalue weighted by molar-refractivity contribution is 6.32. The minimum atomic E-state index is -2.78. The number of alkyl halides is 2. The van der Waals surface area contributed by atoms with Gasteiger partial charge in [-0.25, -0.2) is 17.9 Å². The van der Waals surface area contributed by atoms with Gasteiger partial charge < -0.3 is 5.32 Å². The second-order valence-corrected chi connectivity index (χ2v) is 4.92. The third-order valence-corrected chi connectivity index (χ3v) is 3.29. The van der Waals surface area contributed by atoms with E-state index in [1.165, 1.54) is 18.3 Å². The minimum absolute atomic E-state index is 0.0352. The summed E-state index contributed by atoms with van der Waals surface area (Å²) in [6.07, 6.45) is -0.578. The molecule has 7 heteroatoms. The molecule has 1 aromatic carbocycles. The number of rotatable bonds is 6. The zero-order chi connectivity index (χ0) is 15.4. The Morgan fingerprint density at radius 3 is 2.76 bits per heavy atom. The van der Waals surface area contributed by atoms with Gasteiger partial charge in [0.15, 0.2) is 0 Å². The van der Waals surface area contributed by atoms with Crippen molar-refractivity contribution in [1.29, 1.82) is 0 Å². The maximum atomic E-state index is 13.9. The summed E-state index contributed by atoms with van der Waals surface area (Å²) in [6, 6.07) is 4.01. The molecule has 0 atom stereocenters. The van der Waals surface area contributed by atoms with Crippen LogP contribution in [0.1, 0.15) is 31.0 Å². The number of hydrogen-bond donors (Lipinski definition) is 1. The molecule has 1 heterocycles. The highest BCUT2D eigenvalue weighted by atomic mass is 35.5. The Morgan fingerprint density at radius 2 is 2.14 bits per heavy atom. The highest BCUT2D eigenvalue weighted by Crippen LogP contribution is 2.30. The first-order valence-electron chi connectivity index (χ1n) is 6.56. The topological polar surface area (TPSA) is 29.9 Å². The fourth-order valence-corrected chi connectivity index (χ4v) is 2.27. The van der Waals surface area contributed by atoms with Crippen LogP contribution in [0.5, 0.6) is 0 Å². The molecule has 1 N–H and O–H groups in total.